The number of nitrogens with one attached hydrogen (secondary N) is 5. The first-order valence-corrected chi connectivity index (χ1v) is 12.9. The molecule has 2 atom stereocenters. The fourth-order valence-electron chi connectivity index (χ4n) is 4.50. The Morgan fingerprint density at radius 1 is 0.861 bits per heavy atom. The van der Waals surface area contributed by atoms with Gasteiger partial charge in [-0.05, 0) is 84.3 Å². The summed E-state index contributed by atoms with van der Waals surface area (Å²) in [5, 5.41) is 24.0. The largest absolute Gasteiger partial charge is 0.377 e. The Morgan fingerprint density at radius 3 is 2.19 bits per heavy atom. The fraction of sp³-hybridized carbons (Fsp3) is 0.148. The van der Waals surface area contributed by atoms with Crippen LogP contribution in [0.5, 0.6) is 0 Å². The number of benzene rings is 3. The van der Waals surface area contributed by atoms with E-state index < -0.39 is 0 Å². The van der Waals surface area contributed by atoms with E-state index in [9.17, 15) is 0 Å². The van der Waals surface area contributed by atoms with Crippen LogP contribution in [0.25, 0.3) is 0 Å². The second-order valence-electron chi connectivity index (χ2n) is 8.66. The minimum Gasteiger partial charge on any atom is -0.377 e. The second kappa shape index (κ2) is 10.7. The van der Waals surface area contributed by atoms with Gasteiger partial charge in [0.2, 0.25) is 0 Å². The van der Waals surface area contributed by atoms with E-state index >= 15 is 0 Å². The molecule has 5 N–H and O–H groups in total. The highest BCUT2D eigenvalue weighted by molar-refractivity contribution is 6.42. The molecule has 5 nitrogen and oxygen atoms in total. The Morgan fingerprint density at radius 2 is 1.50 bits per heavy atom. The summed E-state index contributed by atoms with van der Waals surface area (Å²) in [5.41, 5.74) is 6.04. The van der Waals surface area contributed by atoms with Crippen molar-refractivity contribution in [1.29, 1.82) is 5.41 Å². The molecular weight excluding hydrogens is 536 g/mol. The summed E-state index contributed by atoms with van der Waals surface area (Å²) in [6, 6.07) is 18.8. The molecule has 3 aromatic carbocycles. The predicted octanol–water partition coefficient (Wildman–Crippen LogP) is 8.14. The Bertz CT molecular complexity index is 1350. The van der Waals surface area contributed by atoms with E-state index in [1.165, 1.54) is 5.57 Å². The van der Waals surface area contributed by atoms with Gasteiger partial charge in [0.15, 0.2) is 5.96 Å². The number of hydrogen-bond donors (Lipinski definition) is 5. The van der Waals surface area contributed by atoms with Crippen molar-refractivity contribution in [2.45, 2.75) is 18.4 Å². The van der Waals surface area contributed by atoms with Gasteiger partial charge in [-0.2, -0.15) is 0 Å². The van der Waals surface area contributed by atoms with E-state index in [0.717, 1.165) is 34.7 Å². The maximum atomic E-state index is 8.25. The van der Waals surface area contributed by atoms with E-state index in [4.69, 9.17) is 51.8 Å². The SMILES string of the molecule is N=C(NCCC1=CC(Nc2ccc(Cl)cc2)=CC2c3cc(Cl)c(Cl)cc3NC12)Nc1ccc(Cl)cc1. The van der Waals surface area contributed by atoms with Crippen LogP contribution in [-0.4, -0.2) is 18.5 Å². The van der Waals surface area contributed by atoms with Gasteiger partial charge < -0.3 is 21.3 Å². The lowest BCUT2D eigenvalue weighted by Gasteiger charge is -2.27. The fourth-order valence-corrected chi connectivity index (χ4v) is 5.09. The van der Waals surface area contributed by atoms with Gasteiger partial charge >= 0.3 is 0 Å². The first kappa shape index (κ1) is 24.8. The molecule has 0 fully saturated rings. The number of fused-ring (bicyclic) bond motifs is 3. The van der Waals surface area contributed by atoms with Crippen LogP contribution in [0, 0.1) is 5.41 Å². The second-order valence-corrected chi connectivity index (χ2v) is 10.3. The Kier molecular flexibility index (Phi) is 7.35. The van der Waals surface area contributed by atoms with Crippen molar-refractivity contribution in [3.05, 3.63) is 110 Å². The van der Waals surface area contributed by atoms with E-state index in [1.807, 2.05) is 48.5 Å². The molecule has 0 amide bonds. The first-order chi connectivity index (χ1) is 17.4. The molecule has 0 saturated heterocycles. The zero-order valence-corrected chi connectivity index (χ0v) is 22.0. The third kappa shape index (κ3) is 5.60. The van der Waals surface area contributed by atoms with Crippen LogP contribution < -0.4 is 21.3 Å². The lowest BCUT2D eigenvalue weighted by Crippen LogP contribution is -2.33. The monoisotopic (exact) mass is 557 g/mol. The molecule has 1 aliphatic carbocycles. The van der Waals surface area contributed by atoms with Crippen molar-refractivity contribution in [2.24, 2.45) is 0 Å². The highest BCUT2D eigenvalue weighted by Gasteiger charge is 2.36. The molecule has 0 radical (unpaired) electrons. The summed E-state index contributed by atoms with van der Waals surface area (Å²) in [5.74, 6) is 0.317. The third-order valence-electron chi connectivity index (χ3n) is 6.18. The van der Waals surface area contributed by atoms with Gasteiger partial charge in [-0.1, -0.05) is 52.5 Å². The summed E-state index contributed by atoms with van der Waals surface area (Å²) in [6.07, 6.45) is 5.10. The molecule has 9 heteroatoms. The van der Waals surface area contributed by atoms with Gasteiger partial charge in [0.05, 0.1) is 16.1 Å². The molecule has 0 spiro atoms. The lowest BCUT2D eigenvalue weighted by atomic mass is 9.84. The minimum atomic E-state index is 0.0745. The van der Waals surface area contributed by atoms with Crippen LogP contribution in [-0.2, 0) is 0 Å². The smallest absolute Gasteiger partial charge is 0.192 e. The minimum absolute atomic E-state index is 0.0745. The highest BCUT2D eigenvalue weighted by Crippen LogP contribution is 2.46. The molecule has 36 heavy (non-hydrogen) atoms. The van der Waals surface area contributed by atoms with Gasteiger partial charge in [0.1, 0.15) is 0 Å². The molecule has 1 aliphatic heterocycles. The van der Waals surface area contributed by atoms with Crippen LogP contribution >= 0.6 is 46.4 Å². The summed E-state index contributed by atoms with van der Waals surface area (Å²) >= 11 is 24.7. The molecule has 0 aromatic heterocycles. The number of guanidine groups is 1. The summed E-state index contributed by atoms with van der Waals surface area (Å²) in [6.45, 7) is 0.586. The van der Waals surface area contributed by atoms with Crippen molar-refractivity contribution in [3.8, 4) is 0 Å². The molecule has 5 rings (SSSR count). The third-order valence-corrected chi connectivity index (χ3v) is 7.41. The Hall–Kier alpha value is -2.83. The number of hydrogen-bond acceptors (Lipinski definition) is 3. The van der Waals surface area contributed by atoms with Crippen molar-refractivity contribution in [2.75, 3.05) is 22.5 Å². The molecule has 2 aliphatic rings. The van der Waals surface area contributed by atoms with Crippen LogP contribution in [0.4, 0.5) is 17.1 Å². The van der Waals surface area contributed by atoms with Gasteiger partial charge in [-0.15, -0.1) is 0 Å². The average Bonchev–Trinajstić information content (AvgIpc) is 3.20. The molecule has 0 bridgehead atoms. The summed E-state index contributed by atoms with van der Waals surface area (Å²) < 4.78 is 0. The average molecular weight is 559 g/mol. The van der Waals surface area contributed by atoms with E-state index in [-0.39, 0.29) is 17.9 Å². The normalized spacial score (nSPS) is 17.8. The molecule has 184 valence electrons. The summed E-state index contributed by atoms with van der Waals surface area (Å²) in [7, 11) is 0. The standard InChI is InChI=1S/C27H23Cl4N5/c28-16-1-5-18(6-2-16)34-20-11-15(9-10-33-27(32)35-19-7-3-17(29)4-8-19)26-22(12-20)21-13-23(30)24(31)14-25(21)36-26/h1-8,11-14,22,26,34,36H,9-10H2,(H3,32,33,35). The van der Waals surface area contributed by atoms with Crippen molar-refractivity contribution >= 4 is 69.4 Å². The highest BCUT2D eigenvalue weighted by atomic mass is 35.5. The predicted molar refractivity (Wildman–Crippen MR) is 153 cm³/mol. The van der Waals surface area contributed by atoms with Crippen LogP contribution in [0.2, 0.25) is 20.1 Å². The molecule has 2 unspecified atom stereocenters. The number of halogens is 4. The van der Waals surface area contributed by atoms with E-state index in [2.05, 4.69) is 33.4 Å². The maximum Gasteiger partial charge on any atom is 0.192 e. The van der Waals surface area contributed by atoms with Crippen molar-refractivity contribution < 1.29 is 0 Å². The number of anilines is 3. The topological polar surface area (TPSA) is 72.0 Å². The molecule has 1 heterocycles. The zero-order chi connectivity index (χ0) is 25.2. The van der Waals surface area contributed by atoms with Gasteiger partial charge in [-0.25, -0.2) is 0 Å². The lowest BCUT2D eigenvalue weighted by molar-refractivity contribution is 0.700. The van der Waals surface area contributed by atoms with Crippen LogP contribution in [0.15, 0.2) is 84.1 Å². The first-order valence-electron chi connectivity index (χ1n) is 11.4. The molecular formula is C27H23Cl4N5. The Labute approximate surface area is 230 Å². The summed E-state index contributed by atoms with van der Waals surface area (Å²) in [4.78, 5) is 0. The number of allylic oxidation sites excluding steroid dienone is 1. The zero-order valence-electron chi connectivity index (χ0n) is 19.0. The van der Waals surface area contributed by atoms with Gasteiger partial charge in [0, 0.05) is 45.3 Å². The van der Waals surface area contributed by atoms with Crippen molar-refractivity contribution in [1.82, 2.24) is 5.32 Å². The van der Waals surface area contributed by atoms with Crippen LogP contribution in [0.3, 0.4) is 0 Å². The van der Waals surface area contributed by atoms with Gasteiger partial charge in [-0.3, -0.25) is 5.41 Å². The van der Waals surface area contributed by atoms with Crippen molar-refractivity contribution in [3.63, 3.8) is 0 Å². The molecule has 0 saturated carbocycles. The number of rotatable bonds is 6. The van der Waals surface area contributed by atoms with Crippen LogP contribution in [0.1, 0.15) is 17.9 Å². The Balaban J connectivity index is 1.32. The quantitative estimate of drug-likeness (QED) is 0.156. The van der Waals surface area contributed by atoms with E-state index in [0.29, 0.717) is 26.6 Å². The molecule has 3 aromatic rings. The van der Waals surface area contributed by atoms with Gasteiger partial charge in [0.25, 0.3) is 0 Å². The van der Waals surface area contributed by atoms with E-state index in [1.54, 1.807) is 12.1 Å². The maximum absolute atomic E-state index is 8.25.